The maximum absolute atomic E-state index is 11.2. The Morgan fingerprint density at radius 3 is 2.61 bits per heavy atom. The number of anilines is 1. The summed E-state index contributed by atoms with van der Waals surface area (Å²) in [6, 6.07) is 0. The molecule has 0 aromatic carbocycles. The first-order chi connectivity index (χ1) is 8.47. The average Bonchev–Trinajstić information content (AvgIpc) is 2.83. The Labute approximate surface area is 107 Å². The highest BCUT2D eigenvalue weighted by Crippen LogP contribution is 2.36. The molecule has 0 aliphatic heterocycles. The molecule has 6 nitrogen and oxygen atoms in total. The van der Waals surface area contributed by atoms with Gasteiger partial charge in [-0.05, 0) is 33.6 Å². The van der Waals surface area contributed by atoms with E-state index in [-0.39, 0.29) is 16.1 Å². The molecule has 1 fully saturated rings. The lowest BCUT2D eigenvalue weighted by molar-refractivity contribution is -0.384. The van der Waals surface area contributed by atoms with Crippen molar-refractivity contribution in [1.82, 2.24) is 9.78 Å². The fraction of sp³-hybridized carbons (Fsp3) is 0.750. The number of aromatic nitrogens is 2. The van der Waals surface area contributed by atoms with Gasteiger partial charge in [0.2, 0.25) is 5.82 Å². The topological polar surface area (TPSA) is 73.0 Å². The zero-order chi connectivity index (χ0) is 13.3. The van der Waals surface area contributed by atoms with Crippen molar-refractivity contribution in [3.8, 4) is 0 Å². The fourth-order valence-electron chi connectivity index (χ4n) is 2.71. The molecule has 0 unspecified atom stereocenters. The highest BCUT2D eigenvalue weighted by Gasteiger charge is 2.34. The molecule has 6 heteroatoms. The van der Waals surface area contributed by atoms with Gasteiger partial charge in [0.05, 0.1) is 4.92 Å². The zero-order valence-electron chi connectivity index (χ0n) is 11.2. The summed E-state index contributed by atoms with van der Waals surface area (Å²) in [7, 11) is 0. The molecule has 0 amide bonds. The SMILES string of the molecule is CCn1nc(C)c([N+](=O)[O-])c1NC1(C)CCCC1. The van der Waals surface area contributed by atoms with Crippen LogP contribution in [0.5, 0.6) is 0 Å². The molecular formula is C12H20N4O2. The molecule has 1 aromatic heterocycles. The lowest BCUT2D eigenvalue weighted by Crippen LogP contribution is -2.32. The van der Waals surface area contributed by atoms with Crippen molar-refractivity contribution in [3.05, 3.63) is 15.8 Å². The van der Waals surface area contributed by atoms with E-state index in [0.29, 0.717) is 18.1 Å². The quantitative estimate of drug-likeness (QED) is 0.660. The van der Waals surface area contributed by atoms with Gasteiger partial charge in [-0.15, -0.1) is 0 Å². The Balaban J connectivity index is 2.38. The van der Waals surface area contributed by atoms with E-state index in [4.69, 9.17) is 0 Å². The second-order valence-electron chi connectivity index (χ2n) is 5.25. The predicted molar refractivity (Wildman–Crippen MR) is 69.8 cm³/mol. The second kappa shape index (κ2) is 4.59. The number of nitrogens with zero attached hydrogens (tertiary/aromatic N) is 3. The molecule has 1 aromatic rings. The van der Waals surface area contributed by atoms with Gasteiger partial charge in [0.25, 0.3) is 0 Å². The molecule has 1 aliphatic carbocycles. The fourth-order valence-corrected chi connectivity index (χ4v) is 2.71. The second-order valence-corrected chi connectivity index (χ2v) is 5.25. The third-order valence-electron chi connectivity index (χ3n) is 3.71. The highest BCUT2D eigenvalue weighted by atomic mass is 16.6. The van der Waals surface area contributed by atoms with Gasteiger partial charge in [-0.1, -0.05) is 12.8 Å². The van der Waals surface area contributed by atoms with E-state index in [1.165, 1.54) is 12.8 Å². The Morgan fingerprint density at radius 1 is 1.50 bits per heavy atom. The minimum Gasteiger partial charge on any atom is -0.359 e. The van der Waals surface area contributed by atoms with Crippen LogP contribution in [0.25, 0.3) is 0 Å². The van der Waals surface area contributed by atoms with Crippen LogP contribution in [-0.2, 0) is 6.54 Å². The molecule has 0 saturated heterocycles. The summed E-state index contributed by atoms with van der Waals surface area (Å²) < 4.78 is 1.69. The van der Waals surface area contributed by atoms with Crippen LogP contribution in [0.15, 0.2) is 0 Å². The van der Waals surface area contributed by atoms with Crippen LogP contribution in [-0.4, -0.2) is 20.2 Å². The summed E-state index contributed by atoms with van der Waals surface area (Å²) >= 11 is 0. The maximum atomic E-state index is 11.2. The van der Waals surface area contributed by atoms with Gasteiger partial charge in [-0.3, -0.25) is 10.1 Å². The molecule has 0 spiro atoms. The molecule has 1 saturated carbocycles. The zero-order valence-corrected chi connectivity index (χ0v) is 11.2. The first-order valence-electron chi connectivity index (χ1n) is 6.47. The lowest BCUT2D eigenvalue weighted by Gasteiger charge is -2.26. The van der Waals surface area contributed by atoms with E-state index < -0.39 is 0 Å². The van der Waals surface area contributed by atoms with Gasteiger partial charge in [0, 0.05) is 12.1 Å². The predicted octanol–water partition coefficient (Wildman–Crippen LogP) is 2.86. The number of hydrogen-bond donors (Lipinski definition) is 1. The first kappa shape index (κ1) is 12.9. The molecule has 18 heavy (non-hydrogen) atoms. The molecular weight excluding hydrogens is 232 g/mol. The van der Waals surface area contributed by atoms with E-state index in [0.717, 1.165) is 12.8 Å². The third-order valence-corrected chi connectivity index (χ3v) is 3.71. The van der Waals surface area contributed by atoms with Gasteiger partial charge in [0.15, 0.2) is 0 Å². The molecule has 0 radical (unpaired) electrons. The number of nitrogens with one attached hydrogen (secondary N) is 1. The standard InChI is InChI=1S/C12H20N4O2/c1-4-15-11(10(16(17)18)9(2)14-15)13-12(3)7-5-6-8-12/h13H,4-8H2,1-3H3. The van der Waals surface area contributed by atoms with Gasteiger partial charge >= 0.3 is 5.69 Å². The van der Waals surface area contributed by atoms with Crippen molar-refractivity contribution >= 4 is 11.5 Å². The summed E-state index contributed by atoms with van der Waals surface area (Å²) in [5.74, 6) is 0.560. The van der Waals surface area contributed by atoms with Crippen molar-refractivity contribution in [3.63, 3.8) is 0 Å². The molecule has 1 aliphatic rings. The molecule has 1 N–H and O–H groups in total. The minimum atomic E-state index is -0.338. The van der Waals surface area contributed by atoms with Crippen molar-refractivity contribution in [2.75, 3.05) is 5.32 Å². The van der Waals surface area contributed by atoms with Gasteiger partial charge in [-0.25, -0.2) is 4.68 Å². The Hall–Kier alpha value is -1.59. The van der Waals surface area contributed by atoms with Crippen LogP contribution in [0.2, 0.25) is 0 Å². The maximum Gasteiger partial charge on any atom is 0.333 e. The monoisotopic (exact) mass is 252 g/mol. The number of rotatable bonds is 4. The van der Waals surface area contributed by atoms with Crippen molar-refractivity contribution in [2.24, 2.45) is 0 Å². The van der Waals surface area contributed by atoms with Crippen LogP contribution in [0.3, 0.4) is 0 Å². The lowest BCUT2D eigenvalue weighted by atomic mass is 10.0. The van der Waals surface area contributed by atoms with Crippen LogP contribution in [0.4, 0.5) is 11.5 Å². The highest BCUT2D eigenvalue weighted by molar-refractivity contribution is 5.60. The Bertz CT molecular complexity index is 461. The number of hydrogen-bond acceptors (Lipinski definition) is 4. The van der Waals surface area contributed by atoms with Gasteiger partial charge in [0.1, 0.15) is 5.69 Å². The number of nitro groups is 1. The molecule has 2 rings (SSSR count). The van der Waals surface area contributed by atoms with Crippen LogP contribution < -0.4 is 5.32 Å². The van der Waals surface area contributed by atoms with Crippen molar-refractivity contribution < 1.29 is 4.92 Å². The largest absolute Gasteiger partial charge is 0.359 e. The smallest absolute Gasteiger partial charge is 0.333 e. The van der Waals surface area contributed by atoms with Crippen LogP contribution in [0, 0.1) is 17.0 Å². The summed E-state index contributed by atoms with van der Waals surface area (Å²) in [6.45, 7) is 6.39. The van der Waals surface area contributed by atoms with Gasteiger partial charge in [-0.2, -0.15) is 5.10 Å². The summed E-state index contributed by atoms with van der Waals surface area (Å²) in [4.78, 5) is 10.8. The number of aryl methyl sites for hydroxylation is 2. The van der Waals surface area contributed by atoms with Crippen molar-refractivity contribution in [2.45, 2.75) is 58.5 Å². The minimum absolute atomic E-state index is 0.0375. The molecule has 0 atom stereocenters. The first-order valence-corrected chi connectivity index (χ1v) is 6.47. The summed E-state index contributed by atoms with van der Waals surface area (Å²) in [5.41, 5.74) is 0.556. The van der Waals surface area contributed by atoms with E-state index in [1.54, 1.807) is 11.6 Å². The van der Waals surface area contributed by atoms with E-state index in [9.17, 15) is 10.1 Å². The molecule has 100 valence electrons. The molecule has 0 bridgehead atoms. The normalized spacial score (nSPS) is 17.9. The van der Waals surface area contributed by atoms with Gasteiger partial charge < -0.3 is 5.32 Å². The average molecular weight is 252 g/mol. The summed E-state index contributed by atoms with van der Waals surface area (Å²) in [5, 5.41) is 18.8. The van der Waals surface area contributed by atoms with Crippen molar-refractivity contribution in [1.29, 1.82) is 0 Å². The Kier molecular flexibility index (Phi) is 3.28. The van der Waals surface area contributed by atoms with E-state index in [2.05, 4.69) is 17.3 Å². The van der Waals surface area contributed by atoms with E-state index in [1.807, 2.05) is 6.92 Å². The third kappa shape index (κ3) is 2.19. The van der Waals surface area contributed by atoms with Crippen LogP contribution >= 0.6 is 0 Å². The molecule has 1 heterocycles. The summed E-state index contributed by atoms with van der Waals surface area (Å²) in [6.07, 6.45) is 4.46. The van der Waals surface area contributed by atoms with E-state index >= 15 is 0 Å². The van der Waals surface area contributed by atoms with Crippen LogP contribution in [0.1, 0.15) is 45.2 Å². The Morgan fingerprint density at radius 2 is 2.11 bits per heavy atom.